The van der Waals surface area contributed by atoms with Crippen molar-refractivity contribution >= 4 is 16.7 Å². The van der Waals surface area contributed by atoms with E-state index < -0.39 is 0 Å². The minimum absolute atomic E-state index is 0.216. The molecule has 2 rings (SSSR count). The number of ether oxygens (including phenoxy) is 1. The second kappa shape index (κ2) is 7.68. The van der Waals surface area contributed by atoms with Crippen LogP contribution in [-0.4, -0.2) is 12.6 Å². The Bertz CT molecular complexity index is 560. The largest absolute Gasteiger partial charge is 0.462 e. The molecule has 0 N–H and O–H groups in total. The molecule has 20 heavy (non-hydrogen) atoms. The molecule has 0 saturated carbocycles. The smallest absolute Gasteiger partial charge is 0.338 e. The highest BCUT2D eigenvalue weighted by Crippen LogP contribution is 2.16. The first-order chi connectivity index (χ1) is 9.81. The third-order valence-electron chi connectivity index (χ3n) is 3.47. The van der Waals surface area contributed by atoms with Crippen LogP contribution >= 0.6 is 0 Å². The number of benzene rings is 2. The molecule has 0 aromatic heterocycles. The van der Waals surface area contributed by atoms with Gasteiger partial charge >= 0.3 is 5.97 Å². The predicted octanol–water partition coefficient (Wildman–Crippen LogP) is 4.97. The van der Waals surface area contributed by atoms with Crippen LogP contribution in [0.2, 0.25) is 0 Å². The fourth-order valence-corrected chi connectivity index (χ4v) is 2.27. The van der Waals surface area contributed by atoms with E-state index in [-0.39, 0.29) is 5.97 Å². The zero-order valence-electron chi connectivity index (χ0n) is 12.1. The Morgan fingerprint density at radius 1 is 0.950 bits per heavy atom. The van der Waals surface area contributed by atoms with Crippen molar-refractivity contribution in [2.45, 2.75) is 39.0 Å². The number of fused-ring (bicyclic) bond motifs is 1. The van der Waals surface area contributed by atoms with Gasteiger partial charge in [0.05, 0.1) is 12.2 Å². The molecule has 2 aromatic rings. The Morgan fingerprint density at radius 2 is 1.70 bits per heavy atom. The minimum atomic E-state index is -0.216. The number of esters is 1. The lowest BCUT2D eigenvalue weighted by atomic mass is 10.1. The van der Waals surface area contributed by atoms with Gasteiger partial charge in [-0.1, -0.05) is 62.9 Å². The van der Waals surface area contributed by atoms with Crippen LogP contribution in [0.4, 0.5) is 0 Å². The lowest BCUT2D eigenvalue weighted by Gasteiger charge is -2.06. The third kappa shape index (κ3) is 4.09. The highest BCUT2D eigenvalue weighted by Gasteiger charge is 2.07. The summed E-state index contributed by atoms with van der Waals surface area (Å²) in [4.78, 5) is 12.0. The second-order valence-corrected chi connectivity index (χ2v) is 5.11. The zero-order chi connectivity index (χ0) is 14.2. The van der Waals surface area contributed by atoms with Gasteiger partial charge < -0.3 is 4.74 Å². The maximum absolute atomic E-state index is 12.0. The van der Waals surface area contributed by atoms with E-state index >= 15 is 0 Å². The minimum Gasteiger partial charge on any atom is -0.462 e. The van der Waals surface area contributed by atoms with E-state index in [0.29, 0.717) is 12.2 Å². The van der Waals surface area contributed by atoms with E-state index in [2.05, 4.69) is 6.92 Å². The molecule has 0 radical (unpaired) electrons. The summed E-state index contributed by atoms with van der Waals surface area (Å²) in [6.45, 7) is 2.72. The van der Waals surface area contributed by atoms with E-state index in [0.717, 1.165) is 23.6 Å². The summed E-state index contributed by atoms with van der Waals surface area (Å²) in [6, 6.07) is 13.7. The monoisotopic (exact) mass is 270 g/mol. The Balaban J connectivity index is 1.84. The van der Waals surface area contributed by atoms with Gasteiger partial charge in [0.25, 0.3) is 0 Å². The van der Waals surface area contributed by atoms with E-state index in [1.807, 2.05) is 42.5 Å². The molecule has 0 aliphatic rings. The number of unbranched alkanes of at least 4 members (excludes halogenated alkanes) is 4. The molecule has 106 valence electrons. The molecule has 0 aliphatic heterocycles. The molecule has 2 nitrogen and oxygen atoms in total. The van der Waals surface area contributed by atoms with Crippen LogP contribution in [0.25, 0.3) is 10.8 Å². The first-order valence-corrected chi connectivity index (χ1v) is 7.47. The SMILES string of the molecule is CCCCCCCOC(=O)c1ccc2ccccc2c1. The summed E-state index contributed by atoms with van der Waals surface area (Å²) in [7, 11) is 0. The molecule has 0 heterocycles. The van der Waals surface area contributed by atoms with E-state index in [4.69, 9.17) is 4.74 Å². The number of carbonyl (C=O) groups is 1. The van der Waals surface area contributed by atoms with E-state index in [1.54, 1.807) is 0 Å². The quantitative estimate of drug-likeness (QED) is 0.524. The summed E-state index contributed by atoms with van der Waals surface area (Å²) in [5.74, 6) is -0.216. The number of hydrogen-bond acceptors (Lipinski definition) is 2. The molecule has 0 bridgehead atoms. The van der Waals surface area contributed by atoms with Gasteiger partial charge in [-0.05, 0) is 29.3 Å². The van der Waals surface area contributed by atoms with Gasteiger partial charge in [-0.3, -0.25) is 0 Å². The predicted molar refractivity (Wildman–Crippen MR) is 83.0 cm³/mol. The van der Waals surface area contributed by atoms with Crippen LogP contribution in [0.1, 0.15) is 49.4 Å². The van der Waals surface area contributed by atoms with Crippen LogP contribution in [0.15, 0.2) is 42.5 Å². The van der Waals surface area contributed by atoms with Gasteiger partial charge in [0, 0.05) is 0 Å². The van der Waals surface area contributed by atoms with Crippen molar-refractivity contribution in [3.8, 4) is 0 Å². The summed E-state index contributed by atoms with van der Waals surface area (Å²) in [5, 5.41) is 2.22. The molecule has 0 unspecified atom stereocenters. The molecule has 2 aromatic carbocycles. The second-order valence-electron chi connectivity index (χ2n) is 5.11. The Labute approximate surface area is 120 Å². The number of carbonyl (C=O) groups excluding carboxylic acids is 1. The van der Waals surface area contributed by atoms with Gasteiger partial charge in [-0.2, -0.15) is 0 Å². The Hall–Kier alpha value is -1.83. The maximum atomic E-state index is 12.0. The van der Waals surface area contributed by atoms with Crippen LogP contribution in [-0.2, 0) is 4.74 Å². The van der Waals surface area contributed by atoms with Crippen molar-refractivity contribution < 1.29 is 9.53 Å². The lowest BCUT2D eigenvalue weighted by molar-refractivity contribution is 0.0498. The highest BCUT2D eigenvalue weighted by atomic mass is 16.5. The molecule has 0 fully saturated rings. The topological polar surface area (TPSA) is 26.3 Å². The van der Waals surface area contributed by atoms with Crippen molar-refractivity contribution in [3.63, 3.8) is 0 Å². The van der Waals surface area contributed by atoms with Crippen molar-refractivity contribution in [1.82, 2.24) is 0 Å². The molecular formula is C18H22O2. The van der Waals surface area contributed by atoms with Crippen LogP contribution < -0.4 is 0 Å². The molecule has 0 aliphatic carbocycles. The van der Waals surface area contributed by atoms with Gasteiger partial charge in [-0.15, -0.1) is 0 Å². The van der Waals surface area contributed by atoms with Gasteiger partial charge in [0.1, 0.15) is 0 Å². The summed E-state index contributed by atoms with van der Waals surface area (Å²) >= 11 is 0. The van der Waals surface area contributed by atoms with Crippen molar-refractivity contribution in [1.29, 1.82) is 0 Å². The van der Waals surface area contributed by atoms with Crippen molar-refractivity contribution in [3.05, 3.63) is 48.0 Å². The lowest BCUT2D eigenvalue weighted by Crippen LogP contribution is -2.06. The third-order valence-corrected chi connectivity index (χ3v) is 3.47. The molecular weight excluding hydrogens is 248 g/mol. The fourth-order valence-electron chi connectivity index (χ4n) is 2.27. The first kappa shape index (κ1) is 14.6. The molecule has 0 atom stereocenters. The standard InChI is InChI=1S/C18H22O2/c1-2-3-4-5-8-13-20-18(19)17-12-11-15-9-6-7-10-16(15)14-17/h6-7,9-12,14H,2-5,8,13H2,1H3. The average molecular weight is 270 g/mol. The average Bonchev–Trinajstić information content (AvgIpc) is 2.50. The number of rotatable bonds is 7. The maximum Gasteiger partial charge on any atom is 0.338 e. The van der Waals surface area contributed by atoms with Gasteiger partial charge in [-0.25, -0.2) is 4.79 Å². The molecule has 2 heteroatoms. The number of hydrogen-bond donors (Lipinski definition) is 0. The van der Waals surface area contributed by atoms with E-state index in [1.165, 1.54) is 19.3 Å². The van der Waals surface area contributed by atoms with Gasteiger partial charge in [0.2, 0.25) is 0 Å². The van der Waals surface area contributed by atoms with Crippen LogP contribution in [0.5, 0.6) is 0 Å². The molecule has 0 spiro atoms. The summed E-state index contributed by atoms with van der Waals surface area (Å²) in [5.41, 5.74) is 0.636. The Morgan fingerprint density at radius 3 is 2.50 bits per heavy atom. The molecule has 0 saturated heterocycles. The van der Waals surface area contributed by atoms with Crippen molar-refractivity contribution in [2.24, 2.45) is 0 Å². The van der Waals surface area contributed by atoms with Crippen LogP contribution in [0.3, 0.4) is 0 Å². The Kier molecular flexibility index (Phi) is 5.60. The van der Waals surface area contributed by atoms with Crippen molar-refractivity contribution in [2.75, 3.05) is 6.61 Å². The summed E-state index contributed by atoms with van der Waals surface area (Å²) < 4.78 is 5.32. The summed E-state index contributed by atoms with van der Waals surface area (Å²) in [6.07, 6.45) is 5.82. The highest BCUT2D eigenvalue weighted by molar-refractivity contribution is 5.95. The zero-order valence-corrected chi connectivity index (χ0v) is 12.1. The van der Waals surface area contributed by atoms with Crippen LogP contribution in [0, 0.1) is 0 Å². The van der Waals surface area contributed by atoms with E-state index in [9.17, 15) is 4.79 Å². The fraction of sp³-hybridized carbons (Fsp3) is 0.389. The first-order valence-electron chi connectivity index (χ1n) is 7.47. The normalized spacial score (nSPS) is 10.7. The van der Waals surface area contributed by atoms with Gasteiger partial charge in [0.15, 0.2) is 0 Å². The molecule has 0 amide bonds.